The first-order valence-electron chi connectivity index (χ1n) is 6.40. The molecule has 0 radical (unpaired) electrons. The third-order valence-electron chi connectivity index (χ3n) is 3.54. The van der Waals surface area contributed by atoms with Crippen molar-refractivity contribution in [3.63, 3.8) is 0 Å². The molecule has 102 valence electrons. The van der Waals surface area contributed by atoms with Crippen molar-refractivity contribution in [1.82, 2.24) is 5.16 Å². The number of benzene rings is 1. The highest BCUT2D eigenvalue weighted by Gasteiger charge is 2.20. The molecule has 2 heterocycles. The summed E-state index contributed by atoms with van der Waals surface area (Å²) in [5.74, 6) is 1.93. The first-order chi connectivity index (χ1) is 9.69. The van der Waals surface area contributed by atoms with Gasteiger partial charge in [0.25, 0.3) is 0 Å². The van der Waals surface area contributed by atoms with Gasteiger partial charge in [0, 0.05) is 5.56 Å². The molecule has 1 aliphatic rings. The summed E-state index contributed by atoms with van der Waals surface area (Å²) in [6.07, 6.45) is 0.581. The van der Waals surface area contributed by atoms with Crippen molar-refractivity contribution in [2.24, 2.45) is 0 Å². The summed E-state index contributed by atoms with van der Waals surface area (Å²) >= 11 is 0. The predicted octanol–water partition coefficient (Wildman–Crippen LogP) is 2.87. The smallest absolute Gasteiger partial charge is 0.231 e. The maximum Gasteiger partial charge on any atom is 0.231 e. The molecular weight excluding hydrogens is 256 g/mol. The number of hydrogen-bond donors (Lipinski definition) is 0. The van der Waals surface area contributed by atoms with E-state index in [-0.39, 0.29) is 12.7 Å². The van der Waals surface area contributed by atoms with Gasteiger partial charge in [-0.3, -0.25) is 0 Å². The first kappa shape index (κ1) is 12.5. The van der Waals surface area contributed by atoms with Crippen LogP contribution >= 0.6 is 0 Å². The summed E-state index contributed by atoms with van der Waals surface area (Å²) in [7, 11) is 0. The van der Waals surface area contributed by atoms with E-state index in [2.05, 4.69) is 11.2 Å². The number of aromatic nitrogens is 1. The van der Waals surface area contributed by atoms with Crippen molar-refractivity contribution in [2.75, 3.05) is 6.79 Å². The van der Waals surface area contributed by atoms with Gasteiger partial charge in [0.2, 0.25) is 6.79 Å². The van der Waals surface area contributed by atoms with Gasteiger partial charge in [-0.05, 0) is 38.0 Å². The monoisotopic (exact) mass is 270 g/mol. The van der Waals surface area contributed by atoms with E-state index in [0.29, 0.717) is 12.2 Å². The van der Waals surface area contributed by atoms with Crippen LogP contribution in [-0.2, 0) is 6.42 Å². The standard InChI is InChI=1S/C15H14N2O3/c1-9-13(10(2)20-17-9)5-12(7-16)11-3-4-14-15(6-11)19-8-18-14/h3-4,6,12H,5,8H2,1-2H3. The molecule has 1 aromatic carbocycles. The lowest BCUT2D eigenvalue weighted by atomic mass is 9.92. The van der Waals surface area contributed by atoms with Crippen LogP contribution in [0.1, 0.15) is 28.5 Å². The second-order valence-electron chi connectivity index (χ2n) is 4.80. The summed E-state index contributed by atoms with van der Waals surface area (Å²) in [4.78, 5) is 0. The quantitative estimate of drug-likeness (QED) is 0.857. The Morgan fingerprint density at radius 3 is 2.80 bits per heavy atom. The molecule has 2 aromatic rings. The van der Waals surface area contributed by atoms with Gasteiger partial charge >= 0.3 is 0 Å². The van der Waals surface area contributed by atoms with E-state index in [9.17, 15) is 5.26 Å². The number of fused-ring (bicyclic) bond motifs is 1. The van der Waals surface area contributed by atoms with Crippen LogP contribution in [0.15, 0.2) is 22.7 Å². The number of nitriles is 1. The molecule has 5 heteroatoms. The van der Waals surface area contributed by atoms with Gasteiger partial charge in [-0.25, -0.2) is 0 Å². The zero-order chi connectivity index (χ0) is 14.1. The molecule has 3 rings (SSSR count). The summed E-state index contributed by atoms with van der Waals surface area (Å²) < 4.78 is 15.8. The fourth-order valence-electron chi connectivity index (χ4n) is 2.37. The second-order valence-corrected chi connectivity index (χ2v) is 4.80. The van der Waals surface area contributed by atoms with E-state index in [1.807, 2.05) is 32.0 Å². The molecule has 0 bridgehead atoms. The summed E-state index contributed by atoms with van der Waals surface area (Å²) in [6.45, 7) is 3.99. The maximum atomic E-state index is 9.44. The predicted molar refractivity (Wildman–Crippen MR) is 70.6 cm³/mol. The molecule has 0 saturated carbocycles. The van der Waals surface area contributed by atoms with Crippen molar-refractivity contribution in [3.8, 4) is 17.6 Å². The van der Waals surface area contributed by atoms with E-state index in [1.165, 1.54) is 0 Å². The topological polar surface area (TPSA) is 68.3 Å². The minimum Gasteiger partial charge on any atom is -0.454 e. The zero-order valence-corrected chi connectivity index (χ0v) is 11.3. The van der Waals surface area contributed by atoms with Crippen LogP contribution in [0.25, 0.3) is 0 Å². The number of rotatable bonds is 3. The molecule has 20 heavy (non-hydrogen) atoms. The molecule has 0 aliphatic carbocycles. The molecule has 5 nitrogen and oxygen atoms in total. The maximum absolute atomic E-state index is 9.44. The minimum absolute atomic E-state index is 0.236. The normalized spacial score (nSPS) is 14.1. The van der Waals surface area contributed by atoms with Gasteiger partial charge in [-0.15, -0.1) is 0 Å². The molecule has 1 aromatic heterocycles. The highest BCUT2D eigenvalue weighted by Crippen LogP contribution is 2.35. The van der Waals surface area contributed by atoms with Crippen LogP contribution in [0.3, 0.4) is 0 Å². The first-order valence-corrected chi connectivity index (χ1v) is 6.40. The third kappa shape index (κ3) is 2.10. The SMILES string of the molecule is Cc1noc(C)c1CC(C#N)c1ccc2c(c1)OCO2. The van der Waals surface area contributed by atoms with Crippen LogP contribution in [0.4, 0.5) is 0 Å². The lowest BCUT2D eigenvalue weighted by molar-refractivity contribution is 0.174. The van der Waals surface area contributed by atoms with Crippen molar-refractivity contribution in [2.45, 2.75) is 26.2 Å². The fourth-order valence-corrected chi connectivity index (χ4v) is 2.37. The van der Waals surface area contributed by atoms with Gasteiger partial charge in [-0.2, -0.15) is 5.26 Å². The second kappa shape index (κ2) is 4.89. The third-order valence-corrected chi connectivity index (χ3v) is 3.54. The van der Waals surface area contributed by atoms with Crippen LogP contribution in [-0.4, -0.2) is 11.9 Å². The molecule has 1 aliphatic heterocycles. The number of nitrogens with zero attached hydrogens (tertiary/aromatic N) is 2. The van der Waals surface area contributed by atoms with E-state index >= 15 is 0 Å². The van der Waals surface area contributed by atoms with Crippen molar-refractivity contribution >= 4 is 0 Å². The largest absolute Gasteiger partial charge is 0.454 e. The Bertz CT molecular complexity index is 665. The van der Waals surface area contributed by atoms with Gasteiger partial charge in [-0.1, -0.05) is 11.2 Å². The Kier molecular flexibility index (Phi) is 3.07. The lowest BCUT2D eigenvalue weighted by Crippen LogP contribution is -2.02. The van der Waals surface area contributed by atoms with Gasteiger partial charge in [0.05, 0.1) is 17.7 Å². The van der Waals surface area contributed by atoms with Crippen LogP contribution in [0.5, 0.6) is 11.5 Å². The molecule has 0 spiro atoms. The highest BCUT2D eigenvalue weighted by atomic mass is 16.7. The molecule has 1 unspecified atom stereocenters. The number of aryl methyl sites for hydroxylation is 2. The van der Waals surface area contributed by atoms with Crippen molar-refractivity contribution in [1.29, 1.82) is 5.26 Å². The fraction of sp³-hybridized carbons (Fsp3) is 0.333. The Balaban J connectivity index is 1.89. The molecular formula is C15H14N2O3. The Morgan fingerprint density at radius 2 is 2.10 bits per heavy atom. The Labute approximate surface area is 116 Å². The van der Waals surface area contributed by atoms with E-state index in [0.717, 1.165) is 28.3 Å². The van der Waals surface area contributed by atoms with Crippen LogP contribution < -0.4 is 9.47 Å². The van der Waals surface area contributed by atoms with Crippen molar-refractivity contribution in [3.05, 3.63) is 40.8 Å². The molecule has 1 atom stereocenters. The molecule has 0 amide bonds. The molecule has 0 saturated heterocycles. The summed E-state index contributed by atoms with van der Waals surface area (Å²) in [5.41, 5.74) is 2.74. The average Bonchev–Trinajstić information content (AvgIpc) is 3.04. The Morgan fingerprint density at radius 1 is 1.30 bits per heavy atom. The van der Waals surface area contributed by atoms with Crippen LogP contribution in [0, 0.1) is 25.2 Å². The lowest BCUT2D eigenvalue weighted by Gasteiger charge is -2.10. The van der Waals surface area contributed by atoms with Crippen molar-refractivity contribution < 1.29 is 14.0 Å². The van der Waals surface area contributed by atoms with E-state index < -0.39 is 0 Å². The van der Waals surface area contributed by atoms with E-state index in [1.54, 1.807) is 0 Å². The van der Waals surface area contributed by atoms with Gasteiger partial charge in [0.15, 0.2) is 11.5 Å². The summed E-state index contributed by atoms with van der Waals surface area (Å²) in [6, 6.07) is 7.95. The number of hydrogen-bond acceptors (Lipinski definition) is 5. The zero-order valence-electron chi connectivity index (χ0n) is 11.3. The minimum atomic E-state index is -0.263. The summed E-state index contributed by atoms with van der Waals surface area (Å²) in [5, 5.41) is 13.4. The highest BCUT2D eigenvalue weighted by molar-refractivity contribution is 5.46. The number of ether oxygens (including phenoxy) is 2. The van der Waals surface area contributed by atoms with E-state index in [4.69, 9.17) is 14.0 Å². The molecule has 0 fully saturated rings. The van der Waals surface area contributed by atoms with Gasteiger partial charge < -0.3 is 14.0 Å². The Hall–Kier alpha value is -2.48. The average molecular weight is 270 g/mol. The van der Waals surface area contributed by atoms with Gasteiger partial charge in [0.1, 0.15) is 5.76 Å². The van der Waals surface area contributed by atoms with Crippen LogP contribution in [0.2, 0.25) is 0 Å². The molecule has 0 N–H and O–H groups in total.